The average Bonchev–Trinajstić information content (AvgIpc) is 2.74. The normalized spacial score (nSPS) is 10.6. The number of methoxy groups -OCH3 is 1. The van der Waals surface area contributed by atoms with Crippen LogP contribution in [0.15, 0.2) is 52.4 Å². The van der Waals surface area contributed by atoms with Gasteiger partial charge in [0, 0.05) is 17.1 Å². The van der Waals surface area contributed by atoms with E-state index in [2.05, 4.69) is 15.5 Å². The number of benzene rings is 2. The minimum absolute atomic E-state index is 0.00903. The van der Waals surface area contributed by atoms with Crippen LogP contribution in [0.3, 0.4) is 0 Å². The largest absolute Gasteiger partial charge is 0.497 e. The Bertz CT molecular complexity index is 1120. The van der Waals surface area contributed by atoms with Crippen LogP contribution in [0, 0.1) is 6.92 Å². The zero-order valence-electron chi connectivity index (χ0n) is 16.4. The van der Waals surface area contributed by atoms with Crippen LogP contribution in [0.4, 0.5) is 5.69 Å². The van der Waals surface area contributed by atoms with Gasteiger partial charge in [0.25, 0.3) is 5.56 Å². The smallest absolute Gasteiger partial charge is 0.294 e. The van der Waals surface area contributed by atoms with Crippen molar-refractivity contribution in [2.24, 2.45) is 0 Å². The topological polar surface area (TPSA) is 112 Å². The molecule has 1 amide bonds. The van der Waals surface area contributed by atoms with Crippen LogP contribution in [0.1, 0.15) is 16.8 Å². The quantitative estimate of drug-likeness (QED) is 0.424. The maximum atomic E-state index is 12.5. The van der Waals surface area contributed by atoms with Crippen LogP contribution in [0.5, 0.6) is 5.75 Å². The fraction of sp³-hybridized carbons (Fsp3) is 0.200. The lowest BCUT2D eigenvalue weighted by Gasteiger charge is -2.10. The van der Waals surface area contributed by atoms with Crippen LogP contribution in [0.2, 0.25) is 5.02 Å². The van der Waals surface area contributed by atoms with Gasteiger partial charge in [0.1, 0.15) is 11.4 Å². The molecule has 0 fully saturated rings. The Morgan fingerprint density at radius 2 is 1.97 bits per heavy atom. The van der Waals surface area contributed by atoms with E-state index in [1.54, 1.807) is 31.4 Å². The van der Waals surface area contributed by atoms with Gasteiger partial charge in [-0.1, -0.05) is 41.6 Å². The predicted octanol–water partition coefficient (Wildman–Crippen LogP) is 2.64. The molecule has 0 bridgehead atoms. The molecule has 1 aromatic heterocycles. The second-order valence-corrected chi connectivity index (χ2v) is 7.80. The van der Waals surface area contributed by atoms with E-state index in [0.29, 0.717) is 10.7 Å². The van der Waals surface area contributed by atoms with Crippen molar-refractivity contribution in [3.63, 3.8) is 0 Å². The van der Waals surface area contributed by atoms with Gasteiger partial charge < -0.3 is 15.9 Å². The van der Waals surface area contributed by atoms with E-state index < -0.39 is 5.56 Å². The highest BCUT2D eigenvalue weighted by Crippen LogP contribution is 2.21. The molecular weight excluding hydrogens is 426 g/mol. The third kappa shape index (κ3) is 5.31. The predicted molar refractivity (Wildman–Crippen MR) is 118 cm³/mol. The molecule has 3 rings (SSSR count). The van der Waals surface area contributed by atoms with Crippen molar-refractivity contribution in [3.05, 3.63) is 74.7 Å². The van der Waals surface area contributed by atoms with E-state index in [1.165, 1.54) is 0 Å². The molecule has 30 heavy (non-hydrogen) atoms. The number of nitrogens with one attached hydrogen (secondary N) is 1. The molecule has 10 heteroatoms. The number of nitrogen functional groups attached to an aromatic ring is 1. The van der Waals surface area contributed by atoms with Gasteiger partial charge in [-0.15, -0.1) is 10.2 Å². The third-order valence-electron chi connectivity index (χ3n) is 4.26. The Hall–Kier alpha value is -3.04. The molecule has 0 saturated heterocycles. The van der Waals surface area contributed by atoms with Gasteiger partial charge in [0.15, 0.2) is 0 Å². The molecule has 0 radical (unpaired) electrons. The van der Waals surface area contributed by atoms with Crippen LogP contribution < -0.4 is 21.5 Å². The minimum atomic E-state index is -0.464. The van der Waals surface area contributed by atoms with Crippen molar-refractivity contribution in [2.75, 3.05) is 24.0 Å². The van der Waals surface area contributed by atoms with Crippen LogP contribution in [-0.4, -0.2) is 33.6 Å². The van der Waals surface area contributed by atoms with Gasteiger partial charge in [-0.05, 0) is 42.3 Å². The summed E-state index contributed by atoms with van der Waals surface area (Å²) in [7, 11) is 1.58. The van der Waals surface area contributed by atoms with Crippen LogP contribution >= 0.6 is 23.4 Å². The van der Waals surface area contributed by atoms with Crippen molar-refractivity contribution in [1.82, 2.24) is 14.9 Å². The highest BCUT2D eigenvalue weighted by atomic mass is 35.5. The zero-order chi connectivity index (χ0) is 21.7. The highest BCUT2D eigenvalue weighted by Gasteiger charge is 2.14. The Morgan fingerprint density at radius 1 is 1.23 bits per heavy atom. The summed E-state index contributed by atoms with van der Waals surface area (Å²) in [6.07, 6.45) is 0.284. The number of carbonyl (C=O) groups excluding carboxylic acids is 1. The first-order chi connectivity index (χ1) is 14.4. The van der Waals surface area contributed by atoms with Gasteiger partial charge in [0.05, 0.1) is 12.9 Å². The summed E-state index contributed by atoms with van der Waals surface area (Å²) >= 11 is 6.99. The monoisotopic (exact) mass is 445 g/mol. The van der Waals surface area contributed by atoms with Gasteiger partial charge in [0.2, 0.25) is 11.1 Å². The summed E-state index contributed by atoms with van der Waals surface area (Å²) in [6, 6.07) is 12.5. The summed E-state index contributed by atoms with van der Waals surface area (Å²) in [5.41, 5.74) is 2.13. The number of rotatable bonds is 7. The van der Waals surface area contributed by atoms with E-state index in [9.17, 15) is 9.59 Å². The van der Waals surface area contributed by atoms with Crippen LogP contribution in [-0.2, 0) is 11.2 Å². The number of hydrogen-bond acceptors (Lipinski definition) is 7. The molecule has 0 atom stereocenters. The number of anilines is 1. The number of nitrogens with zero attached hydrogens (tertiary/aromatic N) is 3. The van der Waals surface area contributed by atoms with Crippen LogP contribution in [0.25, 0.3) is 0 Å². The standard InChI is InChI=1S/C20H20ClN5O3S/c1-12-3-6-14(21)10-16(12)23-18(27)11-30-20-25-24-17(19(28)26(20)22)9-13-4-7-15(29-2)8-5-13/h3-8,10H,9,11,22H2,1-2H3,(H,23,27). The van der Waals surface area contributed by atoms with Gasteiger partial charge in [-0.2, -0.15) is 4.68 Å². The maximum absolute atomic E-state index is 12.5. The number of halogens is 1. The molecule has 0 spiro atoms. The van der Waals surface area contributed by atoms with Crippen molar-refractivity contribution in [2.45, 2.75) is 18.5 Å². The van der Waals surface area contributed by atoms with Gasteiger partial charge in [-0.25, -0.2) is 0 Å². The first-order valence-electron chi connectivity index (χ1n) is 8.93. The summed E-state index contributed by atoms with van der Waals surface area (Å²) in [4.78, 5) is 24.8. The Kier molecular flexibility index (Phi) is 6.96. The SMILES string of the molecule is COc1ccc(Cc2nnc(SCC(=O)Nc3cc(Cl)ccc3C)n(N)c2=O)cc1. The number of hydrogen-bond donors (Lipinski definition) is 2. The number of carbonyl (C=O) groups is 1. The molecule has 0 aliphatic heterocycles. The van der Waals surface area contributed by atoms with Crippen molar-refractivity contribution >= 4 is 35.0 Å². The molecule has 2 aromatic carbocycles. The Morgan fingerprint density at radius 3 is 2.67 bits per heavy atom. The summed E-state index contributed by atoms with van der Waals surface area (Å²) in [5.74, 6) is 6.33. The zero-order valence-corrected chi connectivity index (χ0v) is 18.0. The highest BCUT2D eigenvalue weighted by molar-refractivity contribution is 7.99. The summed E-state index contributed by atoms with van der Waals surface area (Å²) < 4.78 is 6.03. The van der Waals surface area contributed by atoms with E-state index in [4.69, 9.17) is 22.2 Å². The first-order valence-corrected chi connectivity index (χ1v) is 10.3. The maximum Gasteiger partial charge on any atom is 0.294 e. The molecule has 0 unspecified atom stereocenters. The Balaban J connectivity index is 1.65. The van der Waals surface area contributed by atoms with E-state index >= 15 is 0 Å². The molecule has 8 nitrogen and oxygen atoms in total. The van der Waals surface area contributed by atoms with Crippen molar-refractivity contribution in [1.29, 1.82) is 0 Å². The summed E-state index contributed by atoms with van der Waals surface area (Å²) in [5, 5.41) is 11.5. The molecule has 1 heterocycles. The summed E-state index contributed by atoms with van der Waals surface area (Å²) in [6.45, 7) is 1.86. The van der Waals surface area contributed by atoms with Crippen molar-refractivity contribution < 1.29 is 9.53 Å². The second kappa shape index (κ2) is 9.64. The molecule has 0 saturated carbocycles. The van der Waals surface area contributed by atoms with E-state index in [0.717, 1.165) is 33.3 Å². The lowest BCUT2D eigenvalue weighted by molar-refractivity contribution is -0.113. The molecule has 3 aromatic rings. The third-order valence-corrected chi connectivity index (χ3v) is 5.44. The van der Waals surface area contributed by atoms with Gasteiger partial charge in [-0.3, -0.25) is 9.59 Å². The molecule has 0 aliphatic carbocycles. The van der Waals surface area contributed by atoms with Crippen molar-refractivity contribution in [3.8, 4) is 5.75 Å². The first kappa shape index (κ1) is 21.7. The molecule has 0 aliphatic rings. The molecule has 3 N–H and O–H groups in total. The number of nitrogens with two attached hydrogens (primary N) is 1. The fourth-order valence-electron chi connectivity index (χ4n) is 2.61. The lowest BCUT2D eigenvalue weighted by atomic mass is 10.1. The second-order valence-electron chi connectivity index (χ2n) is 6.43. The number of aryl methyl sites for hydroxylation is 1. The number of aromatic nitrogens is 3. The number of thioether (sulfide) groups is 1. The Labute approximate surface area is 182 Å². The van der Waals surface area contributed by atoms with E-state index in [1.807, 2.05) is 25.1 Å². The number of amides is 1. The minimum Gasteiger partial charge on any atom is -0.497 e. The van der Waals surface area contributed by atoms with Gasteiger partial charge >= 0.3 is 0 Å². The van der Waals surface area contributed by atoms with E-state index in [-0.39, 0.29) is 28.9 Å². The molecular formula is C20H20ClN5O3S. The fourth-order valence-corrected chi connectivity index (χ4v) is 3.44. The average molecular weight is 446 g/mol. The lowest BCUT2D eigenvalue weighted by Crippen LogP contribution is -2.34. The number of ether oxygens (including phenoxy) is 1. The molecule has 156 valence electrons.